The van der Waals surface area contributed by atoms with E-state index in [-0.39, 0.29) is 5.91 Å². The van der Waals surface area contributed by atoms with Gasteiger partial charge < -0.3 is 10.1 Å². The van der Waals surface area contributed by atoms with Gasteiger partial charge in [-0.1, -0.05) is 18.2 Å². The fourth-order valence-electron chi connectivity index (χ4n) is 3.33. The molecular formula is C20H19N3O2. The zero-order chi connectivity index (χ0) is 17.2. The Balaban J connectivity index is 1.60. The lowest BCUT2D eigenvalue weighted by Crippen LogP contribution is -2.23. The minimum atomic E-state index is -0.0538. The summed E-state index contributed by atoms with van der Waals surface area (Å²) in [6.07, 6.45) is 7.73. The third kappa shape index (κ3) is 2.89. The number of methoxy groups -OCH3 is 1. The van der Waals surface area contributed by atoms with Gasteiger partial charge in [0.05, 0.1) is 12.8 Å². The molecule has 0 spiro atoms. The van der Waals surface area contributed by atoms with E-state index in [9.17, 15) is 4.79 Å². The monoisotopic (exact) mass is 333 g/mol. The number of hydrogen-bond acceptors (Lipinski definition) is 3. The summed E-state index contributed by atoms with van der Waals surface area (Å²) < 4.78 is 5.23. The van der Waals surface area contributed by atoms with Crippen molar-refractivity contribution in [3.05, 3.63) is 65.0 Å². The van der Waals surface area contributed by atoms with Gasteiger partial charge in [-0.25, -0.2) is 0 Å². The zero-order valence-corrected chi connectivity index (χ0v) is 14.0. The molecular weight excluding hydrogens is 314 g/mol. The highest BCUT2D eigenvalue weighted by atomic mass is 16.5. The van der Waals surface area contributed by atoms with E-state index in [1.165, 1.54) is 0 Å². The highest BCUT2D eigenvalue weighted by Gasteiger charge is 2.24. The maximum atomic E-state index is 12.8. The molecule has 1 aromatic carbocycles. The molecule has 2 N–H and O–H groups in total. The molecule has 126 valence electrons. The number of ether oxygens (including phenoxy) is 1. The molecule has 5 nitrogen and oxygen atoms in total. The molecule has 0 bridgehead atoms. The molecule has 0 atom stereocenters. The number of rotatable bonds is 4. The van der Waals surface area contributed by atoms with Crippen LogP contribution in [0.2, 0.25) is 0 Å². The summed E-state index contributed by atoms with van der Waals surface area (Å²) in [5.74, 6) is 0.733. The number of amides is 1. The predicted molar refractivity (Wildman–Crippen MR) is 96.7 cm³/mol. The van der Waals surface area contributed by atoms with Gasteiger partial charge in [-0.2, -0.15) is 5.10 Å². The number of aromatic nitrogens is 2. The normalized spacial score (nSPS) is 12.8. The van der Waals surface area contributed by atoms with Gasteiger partial charge in [-0.15, -0.1) is 0 Å². The van der Waals surface area contributed by atoms with Crippen LogP contribution in [-0.4, -0.2) is 23.2 Å². The number of allylic oxidation sites excluding steroid dienone is 1. The summed E-state index contributed by atoms with van der Waals surface area (Å²) >= 11 is 0. The van der Waals surface area contributed by atoms with Crippen molar-refractivity contribution in [2.24, 2.45) is 0 Å². The Labute approximate surface area is 146 Å². The van der Waals surface area contributed by atoms with Crippen molar-refractivity contribution in [3.63, 3.8) is 0 Å². The Morgan fingerprint density at radius 1 is 1.36 bits per heavy atom. The van der Waals surface area contributed by atoms with Crippen molar-refractivity contribution < 1.29 is 9.53 Å². The fourth-order valence-corrected chi connectivity index (χ4v) is 3.33. The van der Waals surface area contributed by atoms with Gasteiger partial charge in [0.2, 0.25) is 0 Å². The molecule has 25 heavy (non-hydrogen) atoms. The molecule has 0 fully saturated rings. The van der Waals surface area contributed by atoms with Gasteiger partial charge in [-0.05, 0) is 48.2 Å². The maximum absolute atomic E-state index is 12.8. The topological polar surface area (TPSA) is 67.0 Å². The number of H-pyrrole nitrogens is 1. The second kappa shape index (κ2) is 6.43. The third-order valence-electron chi connectivity index (χ3n) is 4.55. The molecule has 1 aromatic rings. The molecule has 0 radical (unpaired) electrons. The number of aromatic amines is 1. The fraction of sp³-hybridized carbons (Fsp3) is 0.200. The van der Waals surface area contributed by atoms with Gasteiger partial charge in [-0.3, -0.25) is 9.89 Å². The first-order chi connectivity index (χ1) is 12.3. The van der Waals surface area contributed by atoms with Crippen LogP contribution in [0.1, 0.15) is 33.6 Å². The van der Waals surface area contributed by atoms with Crippen LogP contribution in [0.5, 0.6) is 5.75 Å². The molecule has 1 heterocycles. The zero-order valence-electron chi connectivity index (χ0n) is 14.0. The van der Waals surface area contributed by atoms with E-state index in [4.69, 9.17) is 4.74 Å². The average Bonchev–Trinajstić information content (AvgIpc) is 2.88. The Morgan fingerprint density at radius 2 is 2.28 bits per heavy atom. The van der Waals surface area contributed by atoms with Crippen LogP contribution in [0.4, 0.5) is 0 Å². The number of hydrogen-bond donors (Lipinski definition) is 2. The molecule has 4 rings (SSSR count). The van der Waals surface area contributed by atoms with Gasteiger partial charge in [0.25, 0.3) is 5.91 Å². The number of nitrogens with one attached hydrogen (secondary N) is 2. The van der Waals surface area contributed by atoms with Crippen LogP contribution in [0.15, 0.2) is 42.6 Å². The van der Waals surface area contributed by atoms with E-state index in [1.807, 2.05) is 42.6 Å². The molecule has 0 unspecified atom stereocenters. The molecule has 3 aliphatic rings. The number of carbonyl (C=O) groups excluding carboxylic acids is 1. The lowest BCUT2D eigenvalue weighted by atomic mass is 10.0. The quantitative estimate of drug-likeness (QED) is 0.769. The lowest BCUT2D eigenvalue weighted by molar-refractivity contribution is 0.0950. The predicted octanol–water partition coefficient (Wildman–Crippen LogP) is 3.41. The summed E-state index contributed by atoms with van der Waals surface area (Å²) in [5, 5.41) is 10.3. The summed E-state index contributed by atoms with van der Waals surface area (Å²) in [7, 11) is 1.64. The molecule has 2 aliphatic carbocycles. The second-order valence-corrected chi connectivity index (χ2v) is 6.11. The number of carbonyl (C=O) groups is 1. The van der Waals surface area contributed by atoms with Gasteiger partial charge in [0.15, 0.2) is 0 Å². The minimum Gasteiger partial charge on any atom is -0.497 e. The summed E-state index contributed by atoms with van der Waals surface area (Å²) in [6, 6.07) is 9.66. The van der Waals surface area contributed by atoms with Crippen molar-refractivity contribution >= 4 is 12.0 Å². The van der Waals surface area contributed by atoms with Crippen molar-refractivity contribution in [1.82, 2.24) is 15.5 Å². The number of nitrogens with zero attached hydrogens (tertiary/aromatic N) is 1. The summed E-state index contributed by atoms with van der Waals surface area (Å²) in [4.78, 5) is 12.8. The molecule has 1 amide bonds. The van der Waals surface area contributed by atoms with Crippen LogP contribution in [0.3, 0.4) is 0 Å². The van der Waals surface area contributed by atoms with E-state index in [2.05, 4.69) is 21.6 Å². The maximum Gasteiger partial charge on any atom is 0.251 e. The van der Waals surface area contributed by atoms with Gasteiger partial charge in [0, 0.05) is 29.4 Å². The number of benzene rings is 1. The van der Waals surface area contributed by atoms with Crippen molar-refractivity contribution in [3.8, 4) is 16.9 Å². The van der Waals surface area contributed by atoms with Crippen molar-refractivity contribution in [2.45, 2.75) is 19.4 Å². The lowest BCUT2D eigenvalue weighted by Gasteiger charge is -2.08. The Kier molecular flexibility index (Phi) is 3.98. The minimum absolute atomic E-state index is 0.0538. The summed E-state index contributed by atoms with van der Waals surface area (Å²) in [6.45, 7) is 0.465. The Hall–Kier alpha value is -3.08. The van der Waals surface area contributed by atoms with Crippen LogP contribution < -0.4 is 10.1 Å². The average molecular weight is 333 g/mol. The van der Waals surface area contributed by atoms with Crippen molar-refractivity contribution in [1.29, 1.82) is 0 Å². The first kappa shape index (κ1) is 15.4. The van der Waals surface area contributed by atoms with Gasteiger partial charge >= 0.3 is 0 Å². The van der Waals surface area contributed by atoms with E-state index in [0.29, 0.717) is 6.54 Å². The molecule has 5 heteroatoms. The van der Waals surface area contributed by atoms with E-state index in [1.54, 1.807) is 7.11 Å². The SMILES string of the molecule is COc1cccc(CNC(=O)c2cc3c[nH]nc4c-3c2CCC=C4)c1. The Morgan fingerprint density at radius 3 is 3.16 bits per heavy atom. The van der Waals surface area contributed by atoms with E-state index in [0.717, 1.165) is 52.1 Å². The first-order valence-electron chi connectivity index (χ1n) is 8.33. The van der Waals surface area contributed by atoms with E-state index >= 15 is 0 Å². The van der Waals surface area contributed by atoms with Gasteiger partial charge in [0.1, 0.15) is 5.75 Å². The molecule has 1 aliphatic heterocycles. The standard InChI is InChI=1S/C20H19N3O2/c1-25-15-6-4-5-13(9-15)11-21-20(24)17-10-14-12-22-23-18-8-3-2-7-16(17)19(14)18/h3-6,8-10,12,22H,2,7,11H2,1H3,(H,21,24). The summed E-state index contributed by atoms with van der Waals surface area (Å²) in [5.41, 5.74) is 5.84. The van der Waals surface area contributed by atoms with Crippen LogP contribution in [0.25, 0.3) is 17.2 Å². The Bertz CT molecular complexity index is 927. The second-order valence-electron chi connectivity index (χ2n) is 6.11. The van der Waals surface area contributed by atoms with Crippen LogP contribution in [-0.2, 0) is 13.0 Å². The van der Waals surface area contributed by atoms with Crippen LogP contribution in [0, 0.1) is 0 Å². The van der Waals surface area contributed by atoms with Crippen molar-refractivity contribution in [2.75, 3.05) is 7.11 Å². The largest absolute Gasteiger partial charge is 0.497 e. The molecule has 0 saturated heterocycles. The highest BCUT2D eigenvalue weighted by molar-refractivity contribution is 6.01. The molecule has 0 aromatic heterocycles. The molecule has 0 saturated carbocycles. The van der Waals surface area contributed by atoms with Crippen LogP contribution >= 0.6 is 0 Å². The first-order valence-corrected chi connectivity index (χ1v) is 8.33. The van der Waals surface area contributed by atoms with E-state index < -0.39 is 0 Å². The highest BCUT2D eigenvalue weighted by Crippen LogP contribution is 2.36. The smallest absolute Gasteiger partial charge is 0.251 e. The third-order valence-corrected chi connectivity index (χ3v) is 4.55.